The minimum absolute atomic E-state index is 0.157. The van der Waals surface area contributed by atoms with Crippen molar-refractivity contribution in [3.63, 3.8) is 0 Å². The molecule has 5 rings (SSSR count). The van der Waals surface area contributed by atoms with Gasteiger partial charge in [-0.2, -0.15) is 0 Å². The zero-order valence-corrected chi connectivity index (χ0v) is 18.8. The molecule has 0 bridgehead atoms. The van der Waals surface area contributed by atoms with E-state index in [1.165, 1.54) is 0 Å². The van der Waals surface area contributed by atoms with Gasteiger partial charge in [0.15, 0.2) is 5.11 Å². The Balaban J connectivity index is 1.66. The van der Waals surface area contributed by atoms with Crippen LogP contribution in [0.1, 0.15) is 23.5 Å². The van der Waals surface area contributed by atoms with Gasteiger partial charge in [-0.15, -0.1) is 0 Å². The number of aromatic nitrogens is 3. The van der Waals surface area contributed by atoms with Crippen LogP contribution in [0.3, 0.4) is 0 Å². The molecule has 4 aromatic rings. The standard InChI is InChI=1S/C24H20ClN5OS/c1-31-18-7-4-6-17(14-18)30-23(22(28-24(30)32)19-8-2-3-12-26-19)20-9-5-13-29(20)21-11-10-16(25)15-27-21/h2-15,22-23H,1H3,(H,28,32)/t22-,23+/m1/s1. The average molecular weight is 462 g/mol. The van der Waals surface area contributed by atoms with Crippen LogP contribution in [-0.4, -0.2) is 26.8 Å². The number of thiocarbonyl (C=S) groups is 1. The van der Waals surface area contributed by atoms with E-state index in [-0.39, 0.29) is 12.1 Å². The summed E-state index contributed by atoms with van der Waals surface area (Å²) in [4.78, 5) is 11.2. The maximum absolute atomic E-state index is 6.07. The molecule has 4 heterocycles. The van der Waals surface area contributed by atoms with Crippen LogP contribution in [0.15, 0.2) is 85.3 Å². The van der Waals surface area contributed by atoms with Crippen molar-refractivity contribution in [1.29, 1.82) is 0 Å². The minimum Gasteiger partial charge on any atom is -0.497 e. The largest absolute Gasteiger partial charge is 0.497 e. The van der Waals surface area contributed by atoms with Gasteiger partial charge >= 0.3 is 0 Å². The Morgan fingerprint density at radius 3 is 2.69 bits per heavy atom. The summed E-state index contributed by atoms with van der Waals surface area (Å²) < 4.78 is 7.52. The zero-order chi connectivity index (χ0) is 22.1. The summed E-state index contributed by atoms with van der Waals surface area (Å²) in [5.74, 6) is 1.54. The van der Waals surface area contributed by atoms with Crippen LogP contribution in [0.4, 0.5) is 5.69 Å². The number of nitrogens with one attached hydrogen (secondary N) is 1. The molecule has 2 atom stereocenters. The van der Waals surface area contributed by atoms with Gasteiger partial charge in [0.25, 0.3) is 0 Å². The molecule has 32 heavy (non-hydrogen) atoms. The first-order valence-corrected chi connectivity index (χ1v) is 10.9. The van der Waals surface area contributed by atoms with Gasteiger partial charge in [-0.1, -0.05) is 23.7 Å². The van der Waals surface area contributed by atoms with Crippen molar-refractivity contribution < 1.29 is 4.74 Å². The molecular formula is C24H20ClN5OS. The van der Waals surface area contributed by atoms with Gasteiger partial charge in [0.1, 0.15) is 17.6 Å². The topological polar surface area (TPSA) is 55.2 Å². The second-order valence-electron chi connectivity index (χ2n) is 7.34. The Morgan fingerprint density at radius 2 is 1.94 bits per heavy atom. The number of anilines is 1. The molecule has 1 saturated heterocycles. The van der Waals surface area contributed by atoms with Crippen LogP contribution in [0.5, 0.6) is 5.75 Å². The lowest BCUT2D eigenvalue weighted by Crippen LogP contribution is -2.30. The third-order valence-corrected chi connectivity index (χ3v) is 6.01. The summed E-state index contributed by atoms with van der Waals surface area (Å²) in [6.45, 7) is 0. The van der Waals surface area contributed by atoms with Crippen molar-refractivity contribution in [2.24, 2.45) is 0 Å². The van der Waals surface area contributed by atoms with E-state index in [1.54, 1.807) is 19.5 Å². The van der Waals surface area contributed by atoms with Crippen molar-refractivity contribution in [2.45, 2.75) is 12.1 Å². The Kier molecular flexibility index (Phi) is 5.51. The van der Waals surface area contributed by atoms with Crippen molar-refractivity contribution in [1.82, 2.24) is 19.9 Å². The number of ether oxygens (including phenoxy) is 1. The van der Waals surface area contributed by atoms with Gasteiger partial charge in [0.05, 0.1) is 23.9 Å². The first kappa shape index (κ1) is 20.5. The third-order valence-electron chi connectivity index (χ3n) is 5.47. The number of methoxy groups -OCH3 is 1. The van der Waals surface area contributed by atoms with E-state index in [1.807, 2.05) is 66.9 Å². The lowest BCUT2D eigenvalue weighted by atomic mass is 10.0. The van der Waals surface area contributed by atoms with E-state index >= 15 is 0 Å². The van der Waals surface area contributed by atoms with Gasteiger partial charge in [-0.05, 0) is 60.7 Å². The maximum atomic E-state index is 6.07. The maximum Gasteiger partial charge on any atom is 0.174 e. The number of benzene rings is 1. The summed E-state index contributed by atoms with van der Waals surface area (Å²) in [6.07, 6.45) is 5.44. The molecule has 6 nitrogen and oxygen atoms in total. The fourth-order valence-electron chi connectivity index (χ4n) is 4.05. The Labute approximate surface area is 196 Å². The van der Waals surface area contributed by atoms with E-state index in [0.717, 1.165) is 28.6 Å². The number of pyridine rings is 2. The predicted molar refractivity (Wildman–Crippen MR) is 129 cm³/mol. The van der Waals surface area contributed by atoms with Gasteiger partial charge in [-0.25, -0.2) is 4.98 Å². The first-order valence-electron chi connectivity index (χ1n) is 10.1. The van der Waals surface area contributed by atoms with Gasteiger partial charge in [0.2, 0.25) is 0 Å². The van der Waals surface area contributed by atoms with Crippen LogP contribution < -0.4 is 15.0 Å². The van der Waals surface area contributed by atoms with E-state index < -0.39 is 0 Å². The molecule has 3 aromatic heterocycles. The highest BCUT2D eigenvalue weighted by atomic mass is 35.5. The van der Waals surface area contributed by atoms with E-state index in [9.17, 15) is 0 Å². The smallest absolute Gasteiger partial charge is 0.174 e. The summed E-state index contributed by atoms with van der Waals surface area (Å²) in [6, 6.07) is 21.3. The molecule has 8 heteroatoms. The summed E-state index contributed by atoms with van der Waals surface area (Å²) in [7, 11) is 1.66. The Morgan fingerprint density at radius 1 is 1.03 bits per heavy atom. The van der Waals surface area contributed by atoms with Crippen LogP contribution >= 0.6 is 23.8 Å². The molecule has 0 unspecified atom stereocenters. The van der Waals surface area contributed by atoms with E-state index in [4.69, 9.17) is 28.6 Å². The highest BCUT2D eigenvalue weighted by Gasteiger charge is 2.42. The zero-order valence-electron chi connectivity index (χ0n) is 17.2. The van der Waals surface area contributed by atoms with Crippen molar-refractivity contribution in [3.8, 4) is 11.6 Å². The van der Waals surface area contributed by atoms with Crippen molar-refractivity contribution >= 4 is 34.6 Å². The van der Waals surface area contributed by atoms with Gasteiger partial charge < -0.3 is 19.5 Å². The van der Waals surface area contributed by atoms with Crippen LogP contribution in [-0.2, 0) is 0 Å². The van der Waals surface area contributed by atoms with E-state index in [0.29, 0.717) is 10.1 Å². The molecule has 1 aliphatic rings. The molecule has 1 fully saturated rings. The predicted octanol–water partition coefficient (Wildman–Crippen LogP) is 5.11. The number of hydrogen-bond acceptors (Lipinski definition) is 4. The molecule has 0 amide bonds. The second-order valence-corrected chi connectivity index (χ2v) is 8.16. The summed E-state index contributed by atoms with van der Waals surface area (Å²) in [5, 5.41) is 4.70. The number of hydrogen-bond donors (Lipinski definition) is 1. The fourth-order valence-corrected chi connectivity index (χ4v) is 4.51. The number of halogens is 1. The summed E-state index contributed by atoms with van der Waals surface area (Å²) >= 11 is 11.9. The normalized spacial score (nSPS) is 17.9. The first-order chi connectivity index (χ1) is 15.7. The quantitative estimate of drug-likeness (QED) is 0.417. The molecule has 1 N–H and O–H groups in total. The molecule has 0 saturated carbocycles. The molecule has 0 spiro atoms. The Bertz CT molecular complexity index is 1240. The molecule has 1 aliphatic heterocycles. The molecule has 0 aliphatic carbocycles. The number of nitrogens with zero attached hydrogens (tertiary/aromatic N) is 4. The van der Waals surface area contributed by atoms with Crippen LogP contribution in [0.2, 0.25) is 5.02 Å². The van der Waals surface area contributed by atoms with Crippen molar-refractivity contribution in [3.05, 3.63) is 102 Å². The van der Waals surface area contributed by atoms with E-state index in [2.05, 4.69) is 30.8 Å². The summed E-state index contributed by atoms with van der Waals surface area (Å²) in [5.41, 5.74) is 2.86. The molecule has 0 radical (unpaired) electrons. The lowest BCUT2D eigenvalue weighted by Gasteiger charge is -2.29. The highest BCUT2D eigenvalue weighted by molar-refractivity contribution is 7.80. The molecule has 160 valence electrons. The van der Waals surface area contributed by atoms with Crippen LogP contribution in [0.25, 0.3) is 5.82 Å². The van der Waals surface area contributed by atoms with Crippen LogP contribution in [0, 0.1) is 0 Å². The van der Waals surface area contributed by atoms with Gasteiger partial charge in [0, 0.05) is 36.0 Å². The lowest BCUT2D eigenvalue weighted by molar-refractivity contribution is 0.414. The number of rotatable bonds is 5. The average Bonchev–Trinajstić information content (AvgIpc) is 3.44. The fraction of sp³-hybridized carbons (Fsp3) is 0.125. The SMILES string of the molecule is COc1cccc(N2C(=S)N[C@H](c3ccccn3)[C@@H]2c2cccn2-c2ccc(Cl)cn2)c1. The Hall–Kier alpha value is -3.42. The molecular weight excluding hydrogens is 442 g/mol. The highest BCUT2D eigenvalue weighted by Crippen LogP contribution is 2.42. The van der Waals surface area contributed by atoms with Gasteiger partial charge in [-0.3, -0.25) is 4.98 Å². The minimum atomic E-state index is -0.169. The third kappa shape index (κ3) is 3.70. The van der Waals surface area contributed by atoms with Crippen molar-refractivity contribution in [2.75, 3.05) is 12.0 Å². The monoisotopic (exact) mass is 461 g/mol. The molecule has 1 aromatic carbocycles. The second kappa shape index (κ2) is 8.61.